The SMILES string of the molecule is COc1ccc(-n2nc3c(c2C)c(=O)oc2ccc(Cc4ccc5oc(=O)c6c(C)n(-c7ccc(OC)cc7)nc6c5c4)cc23)cc1. The molecule has 0 atom stereocenters. The van der Waals surface area contributed by atoms with Gasteiger partial charge in [0.15, 0.2) is 0 Å². The summed E-state index contributed by atoms with van der Waals surface area (Å²) >= 11 is 0. The second-order valence-electron chi connectivity index (χ2n) is 11.5. The van der Waals surface area contributed by atoms with Gasteiger partial charge in [-0.2, -0.15) is 10.2 Å². The maximum Gasteiger partial charge on any atom is 0.347 e. The summed E-state index contributed by atoms with van der Waals surface area (Å²) in [6, 6.07) is 26.5. The average Bonchev–Trinajstić information content (AvgIpc) is 3.63. The van der Waals surface area contributed by atoms with Crippen LogP contribution in [-0.2, 0) is 6.42 Å². The monoisotopic (exact) mass is 624 g/mol. The van der Waals surface area contributed by atoms with Crippen LogP contribution in [0.3, 0.4) is 0 Å². The molecule has 0 N–H and O–H groups in total. The van der Waals surface area contributed by atoms with E-state index in [1.165, 1.54) is 0 Å². The maximum absolute atomic E-state index is 13.1. The third-order valence-corrected chi connectivity index (χ3v) is 8.69. The highest BCUT2D eigenvalue weighted by Crippen LogP contribution is 2.30. The van der Waals surface area contributed by atoms with E-state index in [9.17, 15) is 9.59 Å². The van der Waals surface area contributed by atoms with E-state index in [1.807, 2.05) is 98.8 Å². The number of rotatable bonds is 6. The Bertz CT molecular complexity index is 2440. The Kier molecular flexibility index (Phi) is 6.47. The summed E-state index contributed by atoms with van der Waals surface area (Å²) in [5, 5.41) is 12.1. The van der Waals surface area contributed by atoms with Crippen molar-refractivity contribution in [1.82, 2.24) is 19.6 Å². The molecule has 4 aromatic carbocycles. The topological polar surface area (TPSA) is 115 Å². The molecule has 0 amide bonds. The number of hydrogen-bond acceptors (Lipinski definition) is 8. The van der Waals surface area contributed by atoms with Crippen molar-refractivity contribution in [2.45, 2.75) is 20.3 Å². The molecule has 4 aromatic heterocycles. The first-order valence-corrected chi connectivity index (χ1v) is 15.0. The van der Waals surface area contributed by atoms with Gasteiger partial charge in [0, 0.05) is 10.8 Å². The Morgan fingerprint density at radius 3 is 1.38 bits per heavy atom. The molecule has 0 aliphatic carbocycles. The van der Waals surface area contributed by atoms with E-state index in [4.69, 9.17) is 28.5 Å². The molecular formula is C37H28N4O6. The molecule has 47 heavy (non-hydrogen) atoms. The van der Waals surface area contributed by atoms with E-state index in [1.54, 1.807) is 23.6 Å². The first-order valence-electron chi connectivity index (χ1n) is 15.0. The van der Waals surface area contributed by atoms with Gasteiger partial charge in [-0.1, -0.05) is 12.1 Å². The second kappa shape index (κ2) is 10.7. The summed E-state index contributed by atoms with van der Waals surface area (Å²) < 4.78 is 25.6. The Morgan fingerprint density at radius 2 is 1.00 bits per heavy atom. The van der Waals surface area contributed by atoms with Gasteiger partial charge < -0.3 is 18.3 Å². The third kappa shape index (κ3) is 4.56. The number of aromatic nitrogens is 4. The third-order valence-electron chi connectivity index (χ3n) is 8.69. The lowest BCUT2D eigenvalue weighted by atomic mass is 10.0. The van der Waals surface area contributed by atoms with Crippen LogP contribution in [0.1, 0.15) is 22.5 Å². The van der Waals surface area contributed by atoms with Crippen molar-refractivity contribution in [3.05, 3.63) is 128 Å². The van der Waals surface area contributed by atoms with Crippen molar-refractivity contribution in [3.8, 4) is 22.9 Å². The molecule has 0 aliphatic rings. The highest BCUT2D eigenvalue weighted by molar-refractivity contribution is 6.04. The molecule has 8 aromatic rings. The average molecular weight is 625 g/mol. The van der Waals surface area contributed by atoms with E-state index in [0.717, 1.165) is 44.8 Å². The van der Waals surface area contributed by atoms with Crippen LogP contribution in [0.5, 0.6) is 11.5 Å². The summed E-state index contributed by atoms with van der Waals surface area (Å²) in [4.78, 5) is 26.1. The molecule has 10 heteroatoms. The minimum Gasteiger partial charge on any atom is -0.497 e. The molecule has 0 unspecified atom stereocenters. The number of hydrogen-bond donors (Lipinski definition) is 0. The molecule has 0 bridgehead atoms. The second-order valence-corrected chi connectivity index (χ2v) is 11.5. The van der Waals surface area contributed by atoms with Crippen molar-refractivity contribution < 1.29 is 18.3 Å². The number of methoxy groups -OCH3 is 2. The number of fused-ring (bicyclic) bond motifs is 6. The van der Waals surface area contributed by atoms with Crippen molar-refractivity contribution in [2.75, 3.05) is 14.2 Å². The normalized spacial score (nSPS) is 11.7. The van der Waals surface area contributed by atoms with Crippen LogP contribution in [0.2, 0.25) is 0 Å². The summed E-state index contributed by atoms with van der Waals surface area (Å²) in [6.45, 7) is 3.72. The van der Waals surface area contributed by atoms with Crippen LogP contribution in [0.4, 0.5) is 0 Å². The molecule has 0 radical (unpaired) electrons. The fraction of sp³-hybridized carbons (Fsp3) is 0.135. The maximum atomic E-state index is 13.1. The van der Waals surface area contributed by atoms with E-state index < -0.39 is 11.3 Å². The molecule has 4 heterocycles. The Labute approximate surface area is 267 Å². The Morgan fingerprint density at radius 1 is 0.596 bits per heavy atom. The number of aryl methyl sites for hydroxylation is 2. The molecule has 232 valence electrons. The zero-order valence-electron chi connectivity index (χ0n) is 26.0. The van der Waals surface area contributed by atoms with Crippen LogP contribution in [-0.4, -0.2) is 33.8 Å². The highest BCUT2D eigenvalue weighted by Gasteiger charge is 2.20. The zero-order valence-corrected chi connectivity index (χ0v) is 26.0. The van der Waals surface area contributed by atoms with Gasteiger partial charge in [-0.3, -0.25) is 0 Å². The number of ether oxygens (including phenoxy) is 2. The van der Waals surface area contributed by atoms with Crippen molar-refractivity contribution in [3.63, 3.8) is 0 Å². The largest absolute Gasteiger partial charge is 0.497 e. The van der Waals surface area contributed by atoms with Crippen molar-refractivity contribution in [1.29, 1.82) is 0 Å². The molecule has 0 aliphatic heterocycles. The van der Waals surface area contributed by atoms with Gasteiger partial charge in [-0.25, -0.2) is 19.0 Å². The van der Waals surface area contributed by atoms with Gasteiger partial charge in [-0.05, 0) is 104 Å². The van der Waals surface area contributed by atoms with Crippen LogP contribution in [0.15, 0.2) is 103 Å². The van der Waals surface area contributed by atoms with E-state index in [0.29, 0.717) is 50.8 Å². The minimum absolute atomic E-state index is 0.429. The molecule has 0 fully saturated rings. The van der Waals surface area contributed by atoms with Crippen molar-refractivity contribution in [2.24, 2.45) is 0 Å². The molecule has 0 spiro atoms. The van der Waals surface area contributed by atoms with E-state index in [2.05, 4.69) is 0 Å². The lowest BCUT2D eigenvalue weighted by Gasteiger charge is -2.06. The van der Waals surface area contributed by atoms with Gasteiger partial charge >= 0.3 is 11.3 Å². The lowest BCUT2D eigenvalue weighted by Crippen LogP contribution is -2.02. The van der Waals surface area contributed by atoms with Crippen LogP contribution < -0.4 is 20.7 Å². The molecule has 8 rings (SSSR count). The van der Waals surface area contributed by atoms with Gasteiger partial charge in [0.05, 0.1) is 37.0 Å². The number of benzene rings is 4. The molecule has 0 saturated carbocycles. The summed E-state index contributed by atoms with van der Waals surface area (Å²) in [5.41, 5.74) is 6.22. The fourth-order valence-corrected chi connectivity index (χ4v) is 6.28. The van der Waals surface area contributed by atoms with Gasteiger partial charge in [0.1, 0.15) is 44.5 Å². The summed E-state index contributed by atoms with van der Waals surface area (Å²) in [7, 11) is 3.23. The van der Waals surface area contributed by atoms with Gasteiger partial charge in [0.2, 0.25) is 0 Å². The van der Waals surface area contributed by atoms with Gasteiger partial charge in [-0.15, -0.1) is 0 Å². The summed E-state index contributed by atoms with van der Waals surface area (Å²) in [5.74, 6) is 1.46. The van der Waals surface area contributed by atoms with Crippen LogP contribution >= 0.6 is 0 Å². The zero-order chi connectivity index (χ0) is 32.4. The van der Waals surface area contributed by atoms with E-state index >= 15 is 0 Å². The predicted molar refractivity (Wildman–Crippen MR) is 180 cm³/mol. The highest BCUT2D eigenvalue weighted by atomic mass is 16.5. The standard InChI is InChI=1S/C37H28N4O6/c1-20-32-34(38-40(20)24-7-11-26(44-3)12-8-24)28-18-22(5-15-30(28)46-36(32)42)17-23-6-16-31-29(19-23)35-33(37(43)47-31)21(2)41(39-35)25-9-13-27(45-4)14-10-25/h5-16,18-19H,17H2,1-4H3. The van der Waals surface area contributed by atoms with Crippen molar-refractivity contribution >= 4 is 43.7 Å². The first-order chi connectivity index (χ1) is 22.8. The van der Waals surface area contributed by atoms with Gasteiger partial charge in [0.25, 0.3) is 0 Å². The summed E-state index contributed by atoms with van der Waals surface area (Å²) in [6.07, 6.45) is 0.573. The molecule has 0 saturated heterocycles. The Hall–Kier alpha value is -6.16. The Balaban J connectivity index is 1.22. The molecular weight excluding hydrogens is 596 g/mol. The van der Waals surface area contributed by atoms with Crippen LogP contribution in [0, 0.1) is 13.8 Å². The first kappa shape index (κ1) is 28.3. The quantitative estimate of drug-likeness (QED) is 0.186. The smallest absolute Gasteiger partial charge is 0.347 e. The predicted octanol–water partition coefficient (Wildman–Crippen LogP) is 6.80. The minimum atomic E-state index is -0.429. The van der Waals surface area contributed by atoms with E-state index in [-0.39, 0.29) is 0 Å². The number of nitrogens with zero attached hydrogens (tertiary/aromatic N) is 4. The molecule has 10 nitrogen and oxygen atoms in total. The van der Waals surface area contributed by atoms with Crippen LogP contribution in [0.25, 0.3) is 55.1 Å². The fourth-order valence-electron chi connectivity index (χ4n) is 6.28. The lowest BCUT2D eigenvalue weighted by molar-refractivity contribution is 0.414.